The van der Waals surface area contributed by atoms with Gasteiger partial charge in [-0.1, -0.05) is 30.3 Å². The van der Waals surface area contributed by atoms with Gasteiger partial charge >= 0.3 is 0 Å². The van der Waals surface area contributed by atoms with Crippen LogP contribution in [0.15, 0.2) is 42.6 Å². The number of rotatable bonds is 5. The first-order valence-electron chi connectivity index (χ1n) is 8.18. The molecule has 5 nitrogen and oxygen atoms in total. The van der Waals surface area contributed by atoms with Gasteiger partial charge in [-0.2, -0.15) is 0 Å². The van der Waals surface area contributed by atoms with Gasteiger partial charge in [0, 0.05) is 43.5 Å². The predicted octanol–water partition coefficient (Wildman–Crippen LogP) is 2.08. The average molecular weight is 312 g/mol. The van der Waals surface area contributed by atoms with Crippen LogP contribution in [0.2, 0.25) is 0 Å². The van der Waals surface area contributed by atoms with Gasteiger partial charge in [-0.25, -0.2) is 9.97 Å². The third kappa shape index (κ3) is 4.27. The summed E-state index contributed by atoms with van der Waals surface area (Å²) >= 11 is 0. The van der Waals surface area contributed by atoms with Crippen molar-refractivity contribution < 1.29 is 5.11 Å². The van der Waals surface area contributed by atoms with Gasteiger partial charge in [-0.05, 0) is 31.5 Å². The third-order valence-electron chi connectivity index (χ3n) is 4.43. The van der Waals surface area contributed by atoms with Crippen LogP contribution in [0.3, 0.4) is 0 Å². The Morgan fingerprint density at radius 2 is 2.09 bits per heavy atom. The molecule has 0 spiro atoms. The lowest BCUT2D eigenvalue weighted by molar-refractivity contribution is 0.114. The zero-order chi connectivity index (χ0) is 16.1. The number of nitrogens with one attached hydrogen (secondary N) is 1. The highest BCUT2D eigenvalue weighted by Gasteiger charge is 2.29. The number of anilines is 1. The molecule has 1 fully saturated rings. The van der Waals surface area contributed by atoms with Crippen LogP contribution in [0.25, 0.3) is 0 Å². The van der Waals surface area contributed by atoms with E-state index in [0.29, 0.717) is 5.95 Å². The van der Waals surface area contributed by atoms with E-state index in [9.17, 15) is 5.11 Å². The van der Waals surface area contributed by atoms with Gasteiger partial charge < -0.3 is 10.4 Å². The van der Waals surface area contributed by atoms with E-state index >= 15 is 0 Å². The summed E-state index contributed by atoms with van der Waals surface area (Å²) < 4.78 is 0. The first-order chi connectivity index (χ1) is 11.2. The standard InChI is InChI=1S/C18H24N4O/c1-14-7-9-19-18(20-14)21-17-12-22(10-8-16(17)13-23)11-15-5-3-2-4-6-15/h2-7,9,16-17,23H,8,10-13H2,1H3,(H,19,20,21)/t16-,17+/m1/s1. The SMILES string of the molecule is Cc1ccnc(N[C@H]2CN(Cc3ccccc3)CC[C@@H]2CO)n1. The number of hydrogen-bond acceptors (Lipinski definition) is 5. The minimum absolute atomic E-state index is 0.166. The molecule has 0 aliphatic carbocycles. The van der Waals surface area contributed by atoms with Gasteiger partial charge in [-0.15, -0.1) is 0 Å². The number of aromatic nitrogens is 2. The lowest BCUT2D eigenvalue weighted by Crippen LogP contribution is -2.48. The molecule has 1 aliphatic rings. The molecule has 1 aromatic heterocycles. The molecule has 122 valence electrons. The fraction of sp³-hybridized carbons (Fsp3) is 0.444. The van der Waals surface area contributed by atoms with Gasteiger partial charge in [0.1, 0.15) is 0 Å². The summed E-state index contributed by atoms with van der Waals surface area (Å²) in [7, 11) is 0. The Labute approximate surface area is 137 Å². The van der Waals surface area contributed by atoms with Gasteiger partial charge in [0.2, 0.25) is 5.95 Å². The van der Waals surface area contributed by atoms with Gasteiger partial charge in [-0.3, -0.25) is 4.90 Å². The van der Waals surface area contributed by atoms with E-state index in [1.54, 1.807) is 6.20 Å². The van der Waals surface area contributed by atoms with Crippen molar-refractivity contribution in [2.24, 2.45) is 5.92 Å². The van der Waals surface area contributed by atoms with Gasteiger partial charge in [0.05, 0.1) is 0 Å². The Bertz CT molecular complexity index is 619. The van der Waals surface area contributed by atoms with E-state index in [4.69, 9.17) is 0 Å². The van der Waals surface area contributed by atoms with E-state index in [-0.39, 0.29) is 18.6 Å². The first kappa shape index (κ1) is 15.9. The number of hydrogen-bond donors (Lipinski definition) is 2. The highest BCUT2D eigenvalue weighted by atomic mass is 16.3. The number of piperidine rings is 1. The van der Waals surface area contributed by atoms with Crippen LogP contribution in [0.4, 0.5) is 5.95 Å². The van der Waals surface area contributed by atoms with Crippen molar-refractivity contribution in [1.82, 2.24) is 14.9 Å². The molecule has 0 amide bonds. The molecule has 1 saturated heterocycles. The molecule has 0 bridgehead atoms. The molecular formula is C18H24N4O. The fourth-order valence-corrected chi connectivity index (χ4v) is 3.12. The van der Waals surface area contributed by atoms with Crippen LogP contribution in [0.1, 0.15) is 17.7 Å². The molecule has 5 heteroatoms. The Balaban J connectivity index is 1.66. The minimum atomic E-state index is 0.166. The van der Waals surface area contributed by atoms with Crippen molar-refractivity contribution >= 4 is 5.95 Å². The molecule has 0 saturated carbocycles. The van der Waals surface area contributed by atoms with E-state index in [2.05, 4.69) is 44.5 Å². The molecule has 0 radical (unpaired) electrons. The number of benzene rings is 1. The molecule has 0 unspecified atom stereocenters. The van der Waals surface area contributed by atoms with Gasteiger partial charge in [0.15, 0.2) is 0 Å². The minimum Gasteiger partial charge on any atom is -0.396 e. The molecule has 2 aromatic rings. The molecule has 2 N–H and O–H groups in total. The normalized spacial score (nSPS) is 22.0. The molecule has 3 rings (SSSR count). The largest absolute Gasteiger partial charge is 0.396 e. The van der Waals surface area contributed by atoms with Crippen LogP contribution in [0.5, 0.6) is 0 Å². The van der Waals surface area contributed by atoms with Gasteiger partial charge in [0.25, 0.3) is 0 Å². The summed E-state index contributed by atoms with van der Waals surface area (Å²) in [6.45, 7) is 4.98. The maximum Gasteiger partial charge on any atom is 0.223 e. The summed E-state index contributed by atoms with van der Waals surface area (Å²) in [6, 6.07) is 12.6. The van der Waals surface area contributed by atoms with Crippen LogP contribution in [0, 0.1) is 12.8 Å². The number of aryl methyl sites for hydroxylation is 1. The maximum absolute atomic E-state index is 9.67. The summed E-state index contributed by atoms with van der Waals surface area (Å²) in [5.74, 6) is 0.890. The van der Waals surface area contributed by atoms with Crippen molar-refractivity contribution in [2.45, 2.75) is 25.9 Å². The van der Waals surface area contributed by atoms with Crippen LogP contribution in [-0.2, 0) is 6.54 Å². The number of aliphatic hydroxyl groups is 1. The van der Waals surface area contributed by atoms with Crippen LogP contribution in [-0.4, -0.2) is 45.7 Å². The van der Waals surface area contributed by atoms with E-state index in [0.717, 1.165) is 31.7 Å². The first-order valence-corrected chi connectivity index (χ1v) is 8.18. The second-order valence-electron chi connectivity index (χ2n) is 6.22. The maximum atomic E-state index is 9.67. The monoisotopic (exact) mass is 312 g/mol. The summed E-state index contributed by atoms with van der Waals surface area (Å²) in [5.41, 5.74) is 2.26. The van der Waals surface area contributed by atoms with E-state index in [1.807, 2.05) is 19.1 Å². The molecule has 2 heterocycles. The molecule has 2 atom stereocenters. The topological polar surface area (TPSA) is 61.3 Å². The Morgan fingerprint density at radius 3 is 2.83 bits per heavy atom. The van der Waals surface area contributed by atoms with E-state index in [1.165, 1.54) is 5.56 Å². The molecule has 23 heavy (non-hydrogen) atoms. The lowest BCUT2D eigenvalue weighted by atomic mass is 9.92. The molecular weight excluding hydrogens is 288 g/mol. The fourth-order valence-electron chi connectivity index (χ4n) is 3.12. The van der Waals surface area contributed by atoms with Crippen LogP contribution < -0.4 is 5.32 Å². The Kier molecular flexibility index (Phi) is 5.20. The molecule has 1 aromatic carbocycles. The zero-order valence-corrected chi connectivity index (χ0v) is 13.5. The summed E-state index contributed by atoms with van der Waals surface area (Å²) in [4.78, 5) is 11.1. The Morgan fingerprint density at radius 1 is 1.26 bits per heavy atom. The number of nitrogens with zero attached hydrogens (tertiary/aromatic N) is 3. The second-order valence-corrected chi connectivity index (χ2v) is 6.22. The second kappa shape index (κ2) is 7.53. The average Bonchev–Trinajstić information content (AvgIpc) is 2.56. The van der Waals surface area contributed by atoms with Crippen molar-refractivity contribution in [2.75, 3.05) is 25.0 Å². The third-order valence-corrected chi connectivity index (χ3v) is 4.43. The number of likely N-dealkylation sites (tertiary alicyclic amines) is 1. The van der Waals surface area contributed by atoms with Crippen molar-refractivity contribution in [1.29, 1.82) is 0 Å². The number of aliphatic hydroxyl groups excluding tert-OH is 1. The lowest BCUT2D eigenvalue weighted by Gasteiger charge is -2.38. The summed E-state index contributed by atoms with van der Waals surface area (Å²) in [5, 5.41) is 13.1. The van der Waals surface area contributed by atoms with Crippen molar-refractivity contribution in [3.63, 3.8) is 0 Å². The highest BCUT2D eigenvalue weighted by molar-refractivity contribution is 5.27. The quantitative estimate of drug-likeness (QED) is 0.885. The predicted molar refractivity (Wildman–Crippen MR) is 91.1 cm³/mol. The highest BCUT2D eigenvalue weighted by Crippen LogP contribution is 2.21. The van der Waals surface area contributed by atoms with E-state index < -0.39 is 0 Å². The smallest absolute Gasteiger partial charge is 0.223 e. The molecule has 1 aliphatic heterocycles. The van der Waals surface area contributed by atoms with Crippen molar-refractivity contribution in [3.05, 3.63) is 53.9 Å². The van der Waals surface area contributed by atoms with Crippen molar-refractivity contribution in [3.8, 4) is 0 Å². The Hall–Kier alpha value is -1.98. The summed E-state index contributed by atoms with van der Waals surface area (Å²) in [6.07, 6.45) is 2.75. The van der Waals surface area contributed by atoms with Crippen LogP contribution >= 0.6 is 0 Å². The zero-order valence-electron chi connectivity index (χ0n) is 13.5.